The third kappa shape index (κ3) is 3.54. The molecule has 0 unspecified atom stereocenters. The van der Waals surface area contributed by atoms with Crippen LogP contribution in [0.5, 0.6) is 0 Å². The van der Waals surface area contributed by atoms with E-state index < -0.39 is 11.2 Å². The van der Waals surface area contributed by atoms with Crippen LogP contribution in [0, 0.1) is 5.82 Å². The number of aromatic nitrogens is 3. The molecule has 0 atom stereocenters. The summed E-state index contributed by atoms with van der Waals surface area (Å²) in [5, 5.41) is 0.367. The number of nitrogens with zero attached hydrogens (tertiary/aromatic N) is 5. The first kappa shape index (κ1) is 20.9. The minimum Gasteiger partial charge on any atom is -0.368 e. The number of piperazine rings is 1. The minimum atomic E-state index is -0.417. The normalized spacial score (nSPS) is 14.5. The van der Waals surface area contributed by atoms with Gasteiger partial charge in [0.15, 0.2) is 0 Å². The molecule has 164 valence electrons. The lowest BCUT2D eigenvalue weighted by atomic mass is 10.2. The molecular formula is C22H26FN5O3. The Hall–Kier alpha value is -3.36. The maximum absolute atomic E-state index is 13.4. The van der Waals surface area contributed by atoms with E-state index in [1.807, 2.05) is 6.92 Å². The van der Waals surface area contributed by atoms with Crippen molar-refractivity contribution in [2.75, 3.05) is 31.1 Å². The van der Waals surface area contributed by atoms with Gasteiger partial charge in [-0.3, -0.25) is 18.7 Å². The molecule has 1 amide bonds. The smallest absolute Gasteiger partial charge is 0.332 e. The maximum Gasteiger partial charge on any atom is 0.332 e. The summed E-state index contributed by atoms with van der Waals surface area (Å²) < 4.78 is 17.5. The molecule has 31 heavy (non-hydrogen) atoms. The standard InChI is InChI=1S/C22H26FN5O3/c1-4-9-28-18(14-17-19(28)24(2)22(31)25(3)20(17)29)21(30)27-12-10-26(11-13-27)16-7-5-15(23)6-8-16/h5-8,14H,4,9-13H2,1-3H3. The first-order valence-corrected chi connectivity index (χ1v) is 10.4. The SMILES string of the molecule is CCCn1c(C(=O)N2CCN(c3ccc(F)cc3)CC2)cc2c(=O)n(C)c(=O)n(C)c21. The van der Waals surface area contributed by atoms with Gasteiger partial charge in [-0.1, -0.05) is 6.92 Å². The Morgan fingerprint density at radius 1 is 1.00 bits per heavy atom. The van der Waals surface area contributed by atoms with Crippen molar-refractivity contribution in [1.29, 1.82) is 0 Å². The molecule has 4 rings (SSSR count). The Kier molecular flexibility index (Phi) is 5.43. The quantitative estimate of drug-likeness (QED) is 0.633. The van der Waals surface area contributed by atoms with Gasteiger partial charge in [0.1, 0.15) is 17.2 Å². The molecule has 2 aromatic heterocycles. The molecule has 1 aliphatic rings. The van der Waals surface area contributed by atoms with Gasteiger partial charge >= 0.3 is 5.69 Å². The van der Waals surface area contributed by atoms with Gasteiger partial charge in [-0.2, -0.15) is 0 Å². The van der Waals surface area contributed by atoms with Crippen molar-refractivity contribution in [3.05, 3.63) is 62.7 Å². The molecule has 3 heterocycles. The third-order valence-electron chi connectivity index (χ3n) is 5.92. The molecule has 0 bridgehead atoms. The highest BCUT2D eigenvalue weighted by atomic mass is 19.1. The number of aryl methyl sites for hydroxylation is 2. The van der Waals surface area contributed by atoms with Crippen LogP contribution in [0.15, 0.2) is 39.9 Å². The maximum atomic E-state index is 13.4. The van der Waals surface area contributed by atoms with Crippen LogP contribution in [0.1, 0.15) is 23.8 Å². The van der Waals surface area contributed by atoms with Gasteiger partial charge in [0, 0.05) is 52.5 Å². The zero-order valence-electron chi connectivity index (χ0n) is 18.0. The van der Waals surface area contributed by atoms with E-state index in [-0.39, 0.29) is 11.7 Å². The van der Waals surface area contributed by atoms with Gasteiger partial charge in [-0.05, 0) is 36.8 Å². The molecule has 0 radical (unpaired) electrons. The highest BCUT2D eigenvalue weighted by molar-refractivity contribution is 5.98. The van der Waals surface area contributed by atoms with Crippen molar-refractivity contribution in [2.24, 2.45) is 14.1 Å². The van der Waals surface area contributed by atoms with E-state index in [0.29, 0.717) is 49.5 Å². The molecule has 0 saturated carbocycles. The zero-order chi connectivity index (χ0) is 22.3. The summed E-state index contributed by atoms with van der Waals surface area (Å²) in [6, 6.07) is 7.95. The average molecular weight is 427 g/mol. The summed E-state index contributed by atoms with van der Waals surface area (Å²) >= 11 is 0. The van der Waals surface area contributed by atoms with E-state index in [4.69, 9.17) is 0 Å². The summed E-state index contributed by atoms with van der Waals surface area (Å²) in [5.41, 5.74) is 1.00. The van der Waals surface area contributed by atoms with E-state index in [1.54, 1.807) is 34.7 Å². The van der Waals surface area contributed by atoms with E-state index in [2.05, 4.69) is 4.90 Å². The number of amides is 1. The van der Waals surface area contributed by atoms with Gasteiger partial charge in [-0.25, -0.2) is 9.18 Å². The molecule has 9 heteroatoms. The molecule has 0 N–H and O–H groups in total. The summed E-state index contributed by atoms with van der Waals surface area (Å²) in [4.78, 5) is 42.4. The van der Waals surface area contributed by atoms with Crippen LogP contribution < -0.4 is 16.1 Å². The minimum absolute atomic E-state index is 0.155. The Morgan fingerprint density at radius 2 is 1.65 bits per heavy atom. The number of rotatable bonds is 4. The third-order valence-corrected chi connectivity index (χ3v) is 5.92. The Bertz CT molecular complexity index is 1250. The van der Waals surface area contributed by atoms with Gasteiger partial charge in [0.2, 0.25) is 0 Å². The predicted octanol–water partition coefficient (Wildman–Crippen LogP) is 1.55. The van der Waals surface area contributed by atoms with E-state index in [9.17, 15) is 18.8 Å². The monoisotopic (exact) mass is 427 g/mol. The summed E-state index contributed by atoms with van der Waals surface area (Å²) in [6.07, 6.45) is 0.756. The number of fused-ring (bicyclic) bond motifs is 1. The molecule has 0 aliphatic carbocycles. The van der Waals surface area contributed by atoms with Crippen LogP contribution in [0.3, 0.4) is 0 Å². The molecule has 1 aromatic carbocycles. The Balaban J connectivity index is 1.65. The van der Waals surface area contributed by atoms with Gasteiger partial charge in [0.25, 0.3) is 11.5 Å². The van der Waals surface area contributed by atoms with Crippen molar-refractivity contribution in [1.82, 2.24) is 18.6 Å². The predicted molar refractivity (Wildman–Crippen MR) is 117 cm³/mol. The number of hydrogen-bond acceptors (Lipinski definition) is 4. The first-order valence-electron chi connectivity index (χ1n) is 10.4. The van der Waals surface area contributed by atoms with E-state index >= 15 is 0 Å². The highest BCUT2D eigenvalue weighted by Gasteiger charge is 2.27. The van der Waals surface area contributed by atoms with Gasteiger partial charge in [0.05, 0.1) is 5.39 Å². The number of hydrogen-bond donors (Lipinski definition) is 0. The topological polar surface area (TPSA) is 72.5 Å². The second-order valence-electron chi connectivity index (χ2n) is 7.88. The number of benzene rings is 1. The van der Waals surface area contributed by atoms with Crippen LogP contribution in [0.25, 0.3) is 11.0 Å². The fraction of sp³-hybridized carbons (Fsp3) is 0.409. The Morgan fingerprint density at radius 3 is 2.26 bits per heavy atom. The summed E-state index contributed by atoms with van der Waals surface area (Å²) in [7, 11) is 3.06. The molecule has 8 nitrogen and oxygen atoms in total. The fourth-order valence-electron chi connectivity index (χ4n) is 4.25. The van der Waals surface area contributed by atoms with Crippen molar-refractivity contribution < 1.29 is 9.18 Å². The fourth-order valence-corrected chi connectivity index (χ4v) is 4.25. The second-order valence-corrected chi connectivity index (χ2v) is 7.88. The average Bonchev–Trinajstić information content (AvgIpc) is 3.16. The van der Waals surface area contributed by atoms with Crippen molar-refractivity contribution in [3.63, 3.8) is 0 Å². The lowest BCUT2D eigenvalue weighted by Gasteiger charge is -2.36. The lowest BCUT2D eigenvalue weighted by Crippen LogP contribution is -2.49. The Labute approximate surface area is 178 Å². The largest absolute Gasteiger partial charge is 0.368 e. The lowest BCUT2D eigenvalue weighted by molar-refractivity contribution is 0.0736. The van der Waals surface area contributed by atoms with Crippen LogP contribution in [-0.4, -0.2) is 50.7 Å². The molecule has 1 aliphatic heterocycles. The van der Waals surface area contributed by atoms with Crippen molar-refractivity contribution >= 4 is 22.6 Å². The van der Waals surface area contributed by atoms with Crippen LogP contribution in [0.4, 0.5) is 10.1 Å². The van der Waals surface area contributed by atoms with Gasteiger partial charge in [-0.15, -0.1) is 0 Å². The molecular weight excluding hydrogens is 401 g/mol. The summed E-state index contributed by atoms with van der Waals surface area (Å²) in [5.74, 6) is -0.431. The molecule has 0 spiro atoms. The highest BCUT2D eigenvalue weighted by Crippen LogP contribution is 2.21. The number of carbonyl (C=O) groups is 1. The van der Waals surface area contributed by atoms with Crippen molar-refractivity contribution in [3.8, 4) is 0 Å². The van der Waals surface area contributed by atoms with E-state index in [0.717, 1.165) is 16.7 Å². The van der Waals surface area contributed by atoms with Crippen molar-refractivity contribution in [2.45, 2.75) is 19.9 Å². The van der Waals surface area contributed by atoms with Crippen LogP contribution >= 0.6 is 0 Å². The molecule has 1 saturated heterocycles. The summed E-state index contributed by atoms with van der Waals surface area (Å²) in [6.45, 7) is 4.81. The number of halogens is 1. The number of anilines is 1. The second kappa shape index (κ2) is 8.05. The molecule has 3 aromatic rings. The molecule has 1 fully saturated rings. The van der Waals surface area contributed by atoms with Crippen LogP contribution in [-0.2, 0) is 20.6 Å². The first-order chi connectivity index (χ1) is 14.8. The zero-order valence-corrected chi connectivity index (χ0v) is 18.0. The van der Waals surface area contributed by atoms with Crippen LogP contribution in [0.2, 0.25) is 0 Å². The van der Waals surface area contributed by atoms with E-state index in [1.165, 1.54) is 23.7 Å². The number of carbonyl (C=O) groups excluding carboxylic acids is 1. The van der Waals surface area contributed by atoms with Gasteiger partial charge < -0.3 is 14.4 Å².